The fourth-order valence-corrected chi connectivity index (χ4v) is 3.68. The molecular formula is C19H40IN5. The number of likely N-dealkylation sites (tertiary alicyclic amines) is 1. The van der Waals surface area contributed by atoms with Crippen molar-refractivity contribution in [3.63, 3.8) is 0 Å². The first-order valence-corrected chi connectivity index (χ1v) is 10.2. The normalized spacial score (nSPS) is 20.0. The molecule has 2 N–H and O–H groups in total. The van der Waals surface area contributed by atoms with E-state index < -0.39 is 0 Å². The predicted molar refractivity (Wildman–Crippen MR) is 119 cm³/mol. The van der Waals surface area contributed by atoms with Crippen LogP contribution in [0.1, 0.15) is 59.8 Å². The number of hydrogen-bond donors (Lipinski definition) is 2. The van der Waals surface area contributed by atoms with Crippen LogP contribution in [0.25, 0.3) is 0 Å². The van der Waals surface area contributed by atoms with Gasteiger partial charge in [-0.1, -0.05) is 6.92 Å². The van der Waals surface area contributed by atoms with E-state index >= 15 is 0 Å². The molecule has 1 heterocycles. The van der Waals surface area contributed by atoms with Crippen molar-refractivity contribution >= 4 is 29.9 Å². The summed E-state index contributed by atoms with van der Waals surface area (Å²) in [5, 5.41) is 7.08. The first-order valence-electron chi connectivity index (χ1n) is 10.2. The molecule has 2 aliphatic rings. The van der Waals surface area contributed by atoms with Gasteiger partial charge in [0.2, 0.25) is 0 Å². The highest BCUT2D eigenvalue weighted by atomic mass is 127. The average molecular weight is 465 g/mol. The predicted octanol–water partition coefficient (Wildman–Crippen LogP) is 2.91. The van der Waals surface area contributed by atoms with Crippen molar-refractivity contribution in [2.45, 2.75) is 77.9 Å². The molecule has 1 saturated carbocycles. The number of piperidine rings is 1. The molecule has 0 spiro atoms. The highest BCUT2D eigenvalue weighted by molar-refractivity contribution is 14.0. The maximum atomic E-state index is 4.83. The summed E-state index contributed by atoms with van der Waals surface area (Å²) >= 11 is 0. The summed E-state index contributed by atoms with van der Waals surface area (Å²) < 4.78 is 0. The van der Waals surface area contributed by atoms with Crippen LogP contribution in [0.15, 0.2) is 4.99 Å². The quantitative estimate of drug-likeness (QED) is 0.312. The molecule has 6 heteroatoms. The molecule has 148 valence electrons. The van der Waals surface area contributed by atoms with Crippen LogP contribution in [-0.4, -0.2) is 73.2 Å². The van der Waals surface area contributed by atoms with E-state index in [9.17, 15) is 0 Å². The SMILES string of the molecule is CCCN1CCC(NC(=NCCN(C(C)C)C2CC2)NCC)CC1.I. The summed E-state index contributed by atoms with van der Waals surface area (Å²) in [6.45, 7) is 15.6. The number of aliphatic imine (C=N–C) groups is 1. The zero-order valence-electron chi connectivity index (χ0n) is 16.8. The van der Waals surface area contributed by atoms with Gasteiger partial charge in [0.15, 0.2) is 5.96 Å². The molecule has 25 heavy (non-hydrogen) atoms. The third-order valence-electron chi connectivity index (χ3n) is 5.12. The van der Waals surface area contributed by atoms with Gasteiger partial charge in [0.1, 0.15) is 0 Å². The van der Waals surface area contributed by atoms with E-state index in [2.05, 4.69) is 48.1 Å². The fourth-order valence-electron chi connectivity index (χ4n) is 3.68. The maximum absolute atomic E-state index is 4.83. The number of guanidine groups is 1. The minimum atomic E-state index is 0. The van der Waals surface area contributed by atoms with Crippen molar-refractivity contribution in [2.75, 3.05) is 39.3 Å². The fraction of sp³-hybridized carbons (Fsp3) is 0.947. The van der Waals surface area contributed by atoms with Crippen molar-refractivity contribution < 1.29 is 0 Å². The molecule has 5 nitrogen and oxygen atoms in total. The lowest BCUT2D eigenvalue weighted by atomic mass is 10.1. The van der Waals surface area contributed by atoms with Crippen LogP contribution < -0.4 is 10.6 Å². The van der Waals surface area contributed by atoms with E-state index in [0.29, 0.717) is 12.1 Å². The van der Waals surface area contributed by atoms with Crippen LogP contribution in [0, 0.1) is 0 Å². The molecule has 0 aromatic heterocycles. The van der Waals surface area contributed by atoms with Gasteiger partial charge in [-0.2, -0.15) is 0 Å². The van der Waals surface area contributed by atoms with E-state index in [0.717, 1.165) is 31.6 Å². The van der Waals surface area contributed by atoms with Crippen LogP contribution >= 0.6 is 24.0 Å². The smallest absolute Gasteiger partial charge is 0.191 e. The van der Waals surface area contributed by atoms with Crippen LogP contribution in [0.5, 0.6) is 0 Å². The second-order valence-electron chi connectivity index (χ2n) is 7.58. The second kappa shape index (κ2) is 12.3. The molecular weight excluding hydrogens is 425 g/mol. The van der Waals surface area contributed by atoms with Gasteiger partial charge in [0.05, 0.1) is 6.54 Å². The lowest BCUT2D eigenvalue weighted by Gasteiger charge is -2.33. The molecule has 0 aromatic rings. The number of nitrogens with zero attached hydrogens (tertiary/aromatic N) is 3. The summed E-state index contributed by atoms with van der Waals surface area (Å²) in [7, 11) is 0. The highest BCUT2D eigenvalue weighted by Crippen LogP contribution is 2.28. The molecule has 0 bridgehead atoms. The first-order chi connectivity index (χ1) is 11.6. The Morgan fingerprint density at radius 3 is 2.36 bits per heavy atom. The van der Waals surface area contributed by atoms with Crippen molar-refractivity contribution in [2.24, 2.45) is 4.99 Å². The van der Waals surface area contributed by atoms with Gasteiger partial charge in [-0.05, 0) is 59.4 Å². The molecule has 0 amide bonds. The van der Waals surface area contributed by atoms with Crippen molar-refractivity contribution in [1.29, 1.82) is 0 Å². The van der Waals surface area contributed by atoms with E-state index in [1.54, 1.807) is 0 Å². The Balaban J connectivity index is 0.00000312. The van der Waals surface area contributed by atoms with Crippen LogP contribution in [0.4, 0.5) is 0 Å². The monoisotopic (exact) mass is 465 g/mol. The van der Waals surface area contributed by atoms with Crippen molar-refractivity contribution in [3.8, 4) is 0 Å². The summed E-state index contributed by atoms with van der Waals surface area (Å²) in [5.74, 6) is 1.01. The van der Waals surface area contributed by atoms with Gasteiger partial charge in [0.25, 0.3) is 0 Å². The number of rotatable bonds is 9. The third-order valence-corrected chi connectivity index (χ3v) is 5.12. The Hall–Kier alpha value is -0.0800. The van der Waals surface area contributed by atoms with Crippen molar-refractivity contribution in [3.05, 3.63) is 0 Å². The van der Waals surface area contributed by atoms with Crippen LogP contribution in [0.2, 0.25) is 0 Å². The summed E-state index contributed by atoms with van der Waals surface area (Å²) in [5.41, 5.74) is 0. The molecule has 2 fully saturated rings. The molecule has 2 rings (SSSR count). The maximum Gasteiger partial charge on any atom is 0.191 e. The lowest BCUT2D eigenvalue weighted by molar-refractivity contribution is 0.206. The lowest BCUT2D eigenvalue weighted by Crippen LogP contribution is -2.49. The third kappa shape index (κ3) is 8.43. The van der Waals surface area contributed by atoms with E-state index in [1.807, 2.05) is 0 Å². The number of hydrogen-bond acceptors (Lipinski definition) is 3. The summed E-state index contributed by atoms with van der Waals surface area (Å²) in [6, 6.07) is 2.02. The minimum absolute atomic E-state index is 0. The molecule has 0 aromatic carbocycles. The van der Waals surface area contributed by atoms with Gasteiger partial charge in [-0.3, -0.25) is 9.89 Å². The van der Waals surface area contributed by atoms with Crippen LogP contribution in [-0.2, 0) is 0 Å². The molecule has 1 aliphatic heterocycles. The van der Waals surface area contributed by atoms with E-state index in [1.165, 1.54) is 51.7 Å². The van der Waals surface area contributed by atoms with Crippen molar-refractivity contribution in [1.82, 2.24) is 20.4 Å². The molecule has 0 atom stereocenters. The standard InChI is InChI=1S/C19H39N5.HI/c1-5-12-23-13-9-17(10-14-23)22-19(20-6-2)21-11-15-24(16(3)4)18-7-8-18;/h16-18H,5-15H2,1-4H3,(H2,20,21,22);1H. The highest BCUT2D eigenvalue weighted by Gasteiger charge is 2.30. The summed E-state index contributed by atoms with van der Waals surface area (Å²) in [6.07, 6.45) is 6.46. The van der Waals surface area contributed by atoms with E-state index in [4.69, 9.17) is 4.99 Å². The Morgan fingerprint density at radius 2 is 1.84 bits per heavy atom. The molecule has 0 radical (unpaired) electrons. The zero-order valence-corrected chi connectivity index (χ0v) is 19.1. The van der Waals surface area contributed by atoms with E-state index in [-0.39, 0.29) is 24.0 Å². The van der Waals surface area contributed by atoms with Crippen LogP contribution in [0.3, 0.4) is 0 Å². The zero-order chi connectivity index (χ0) is 17.4. The molecule has 0 unspecified atom stereocenters. The Kier molecular flexibility index (Phi) is 11.3. The van der Waals surface area contributed by atoms with Gasteiger partial charge in [-0.25, -0.2) is 0 Å². The topological polar surface area (TPSA) is 42.9 Å². The number of nitrogens with one attached hydrogen (secondary N) is 2. The Morgan fingerprint density at radius 1 is 1.16 bits per heavy atom. The van der Waals surface area contributed by atoms with Gasteiger partial charge in [0, 0.05) is 44.3 Å². The average Bonchev–Trinajstić information content (AvgIpc) is 3.38. The molecule has 1 saturated heterocycles. The van der Waals surface area contributed by atoms with Gasteiger partial charge < -0.3 is 15.5 Å². The molecule has 1 aliphatic carbocycles. The second-order valence-corrected chi connectivity index (χ2v) is 7.58. The minimum Gasteiger partial charge on any atom is -0.357 e. The largest absolute Gasteiger partial charge is 0.357 e. The number of halogens is 1. The Bertz CT molecular complexity index is 374. The van der Waals surface area contributed by atoms with Gasteiger partial charge in [-0.15, -0.1) is 24.0 Å². The summed E-state index contributed by atoms with van der Waals surface area (Å²) in [4.78, 5) is 10.0. The first kappa shape index (κ1) is 23.0. The Labute approximate surface area is 172 Å². The van der Waals surface area contributed by atoms with Gasteiger partial charge >= 0.3 is 0 Å².